The van der Waals surface area contributed by atoms with Gasteiger partial charge in [0.1, 0.15) is 11.5 Å². The highest BCUT2D eigenvalue weighted by Gasteiger charge is 2.18. The van der Waals surface area contributed by atoms with Gasteiger partial charge in [-0.1, -0.05) is 51.1 Å². The fourth-order valence-electron chi connectivity index (χ4n) is 2.60. The molecule has 1 aromatic carbocycles. The first-order chi connectivity index (χ1) is 9.67. The second kappa shape index (κ2) is 9.12. The van der Waals surface area contributed by atoms with E-state index in [-0.39, 0.29) is 0 Å². The summed E-state index contributed by atoms with van der Waals surface area (Å²) < 4.78 is 10.7. The summed E-state index contributed by atoms with van der Waals surface area (Å²) in [6, 6.07) is 3.91. The van der Waals surface area contributed by atoms with Crippen molar-refractivity contribution in [3.05, 3.63) is 22.7 Å². The first kappa shape index (κ1) is 17.2. The first-order valence-corrected chi connectivity index (χ1v) is 7.97. The van der Waals surface area contributed by atoms with E-state index in [9.17, 15) is 0 Å². The topological polar surface area (TPSA) is 18.5 Å². The molecule has 0 aliphatic heterocycles. The van der Waals surface area contributed by atoms with Crippen LogP contribution in [0.1, 0.15) is 63.9 Å². The Hall–Kier alpha value is -0.890. The molecule has 0 aliphatic carbocycles. The fourth-order valence-corrected chi connectivity index (χ4v) is 2.94. The predicted octanol–water partition coefficient (Wildman–Crippen LogP) is 5.82. The van der Waals surface area contributed by atoms with Gasteiger partial charge in [0.2, 0.25) is 0 Å². The molecule has 0 saturated heterocycles. The van der Waals surface area contributed by atoms with Gasteiger partial charge in [-0.3, -0.25) is 0 Å². The zero-order valence-corrected chi connectivity index (χ0v) is 13.9. The Balaban J connectivity index is 3.03. The van der Waals surface area contributed by atoms with Gasteiger partial charge in [0.05, 0.1) is 19.2 Å². The van der Waals surface area contributed by atoms with E-state index in [1.54, 1.807) is 14.2 Å². The molecule has 0 amide bonds. The second-order valence-electron chi connectivity index (χ2n) is 5.21. The van der Waals surface area contributed by atoms with Crippen molar-refractivity contribution in [1.29, 1.82) is 0 Å². The third kappa shape index (κ3) is 4.59. The molecule has 1 rings (SSSR count). The Morgan fingerprint density at radius 2 is 1.75 bits per heavy atom. The van der Waals surface area contributed by atoms with E-state index in [0.717, 1.165) is 23.6 Å². The van der Waals surface area contributed by atoms with E-state index in [4.69, 9.17) is 21.1 Å². The van der Waals surface area contributed by atoms with Gasteiger partial charge in [0, 0.05) is 6.07 Å². The van der Waals surface area contributed by atoms with Crippen LogP contribution in [0.5, 0.6) is 11.5 Å². The molecule has 0 spiro atoms. The first-order valence-electron chi connectivity index (χ1n) is 7.59. The summed E-state index contributed by atoms with van der Waals surface area (Å²) in [6.45, 7) is 4.45. The molecule has 1 atom stereocenters. The van der Waals surface area contributed by atoms with Crippen LogP contribution in [0, 0.1) is 0 Å². The predicted molar refractivity (Wildman–Crippen MR) is 86.3 cm³/mol. The van der Waals surface area contributed by atoms with Crippen molar-refractivity contribution in [3.63, 3.8) is 0 Å². The van der Waals surface area contributed by atoms with Gasteiger partial charge < -0.3 is 9.47 Å². The summed E-state index contributed by atoms with van der Waals surface area (Å²) in [5.41, 5.74) is 1.17. The highest BCUT2D eigenvalue weighted by molar-refractivity contribution is 6.33. The standard InChI is InChI=1S/C17H27ClO2/c1-5-7-8-10-13(9-6-2)15-11-14(19-3)12-16(20-4)17(15)18/h11-13H,5-10H2,1-4H3. The molecule has 0 N–H and O–H groups in total. The van der Waals surface area contributed by atoms with Crippen molar-refractivity contribution in [1.82, 2.24) is 0 Å². The van der Waals surface area contributed by atoms with Crippen LogP contribution in [0.4, 0.5) is 0 Å². The lowest BCUT2D eigenvalue weighted by Gasteiger charge is -2.20. The molecular formula is C17H27ClO2. The zero-order chi connectivity index (χ0) is 15.0. The SMILES string of the molecule is CCCCCC(CCC)c1cc(OC)cc(OC)c1Cl. The van der Waals surface area contributed by atoms with Gasteiger partial charge in [-0.15, -0.1) is 0 Å². The largest absolute Gasteiger partial charge is 0.497 e. The smallest absolute Gasteiger partial charge is 0.141 e. The third-order valence-electron chi connectivity index (χ3n) is 3.73. The van der Waals surface area contributed by atoms with Crippen molar-refractivity contribution in [2.75, 3.05) is 14.2 Å². The van der Waals surface area contributed by atoms with Gasteiger partial charge in [-0.05, 0) is 30.4 Å². The molecule has 0 aromatic heterocycles. The maximum absolute atomic E-state index is 6.50. The van der Waals surface area contributed by atoms with Crippen LogP contribution < -0.4 is 9.47 Å². The monoisotopic (exact) mass is 298 g/mol. The summed E-state index contributed by atoms with van der Waals surface area (Å²) in [5.74, 6) is 2.01. The number of unbranched alkanes of at least 4 members (excludes halogenated alkanes) is 2. The average molecular weight is 299 g/mol. The fraction of sp³-hybridized carbons (Fsp3) is 0.647. The normalized spacial score (nSPS) is 12.2. The van der Waals surface area contributed by atoms with Crippen LogP contribution in [0.25, 0.3) is 0 Å². The van der Waals surface area contributed by atoms with Gasteiger partial charge in [-0.25, -0.2) is 0 Å². The van der Waals surface area contributed by atoms with Crippen molar-refractivity contribution >= 4 is 11.6 Å². The molecule has 20 heavy (non-hydrogen) atoms. The summed E-state index contributed by atoms with van der Waals surface area (Å²) in [5, 5.41) is 0.739. The van der Waals surface area contributed by atoms with Gasteiger partial charge >= 0.3 is 0 Å². The molecule has 1 aromatic rings. The van der Waals surface area contributed by atoms with Gasteiger partial charge in [0.25, 0.3) is 0 Å². The van der Waals surface area contributed by atoms with E-state index in [1.807, 2.05) is 6.07 Å². The third-order valence-corrected chi connectivity index (χ3v) is 4.13. The van der Waals surface area contributed by atoms with Crippen LogP contribution in [0.2, 0.25) is 5.02 Å². The van der Waals surface area contributed by atoms with Crippen LogP contribution in [0.3, 0.4) is 0 Å². The summed E-state index contributed by atoms with van der Waals surface area (Å²) >= 11 is 6.50. The highest BCUT2D eigenvalue weighted by atomic mass is 35.5. The van der Waals surface area contributed by atoms with E-state index >= 15 is 0 Å². The Kier molecular flexibility index (Phi) is 7.83. The molecule has 0 saturated carbocycles. The van der Waals surface area contributed by atoms with E-state index < -0.39 is 0 Å². The minimum absolute atomic E-state index is 0.489. The molecular weight excluding hydrogens is 272 g/mol. The molecule has 0 radical (unpaired) electrons. The average Bonchev–Trinajstić information content (AvgIpc) is 2.47. The van der Waals surface area contributed by atoms with Crippen LogP contribution in [-0.4, -0.2) is 14.2 Å². The lowest BCUT2D eigenvalue weighted by Crippen LogP contribution is -2.02. The van der Waals surface area contributed by atoms with E-state index in [0.29, 0.717) is 11.7 Å². The molecule has 0 aliphatic rings. The van der Waals surface area contributed by atoms with Crippen LogP contribution in [-0.2, 0) is 0 Å². The number of methoxy groups -OCH3 is 2. The lowest BCUT2D eigenvalue weighted by molar-refractivity contribution is 0.391. The molecule has 0 heterocycles. The molecule has 1 unspecified atom stereocenters. The van der Waals surface area contributed by atoms with Crippen molar-refractivity contribution in [3.8, 4) is 11.5 Å². The maximum Gasteiger partial charge on any atom is 0.141 e. The Morgan fingerprint density at radius 1 is 1.00 bits per heavy atom. The highest BCUT2D eigenvalue weighted by Crippen LogP contribution is 2.40. The quantitative estimate of drug-likeness (QED) is 0.535. The summed E-state index contributed by atoms with van der Waals surface area (Å²) in [4.78, 5) is 0. The van der Waals surface area contributed by atoms with Crippen molar-refractivity contribution in [2.45, 2.75) is 58.3 Å². The van der Waals surface area contributed by atoms with E-state index in [2.05, 4.69) is 19.9 Å². The molecule has 0 fully saturated rings. The Labute approximate surface area is 128 Å². The van der Waals surface area contributed by atoms with Crippen molar-refractivity contribution < 1.29 is 9.47 Å². The second-order valence-corrected chi connectivity index (χ2v) is 5.59. The number of hydrogen-bond donors (Lipinski definition) is 0. The number of rotatable bonds is 9. The summed E-state index contributed by atoms with van der Waals surface area (Å²) in [7, 11) is 3.33. The number of ether oxygens (including phenoxy) is 2. The van der Waals surface area contributed by atoms with Crippen LogP contribution >= 0.6 is 11.6 Å². The van der Waals surface area contributed by atoms with Gasteiger partial charge in [-0.2, -0.15) is 0 Å². The maximum atomic E-state index is 6.50. The molecule has 3 heteroatoms. The number of halogens is 1. The van der Waals surface area contributed by atoms with Gasteiger partial charge in [0.15, 0.2) is 0 Å². The minimum Gasteiger partial charge on any atom is -0.497 e. The summed E-state index contributed by atoms with van der Waals surface area (Å²) in [6.07, 6.45) is 7.26. The van der Waals surface area contributed by atoms with E-state index in [1.165, 1.54) is 31.2 Å². The zero-order valence-electron chi connectivity index (χ0n) is 13.2. The van der Waals surface area contributed by atoms with Crippen molar-refractivity contribution in [2.24, 2.45) is 0 Å². The lowest BCUT2D eigenvalue weighted by atomic mass is 9.89. The Bertz CT molecular complexity index is 404. The number of hydrogen-bond acceptors (Lipinski definition) is 2. The minimum atomic E-state index is 0.489. The van der Waals surface area contributed by atoms with Crippen LogP contribution in [0.15, 0.2) is 12.1 Å². The molecule has 2 nitrogen and oxygen atoms in total. The number of benzene rings is 1. The molecule has 114 valence electrons. The Morgan fingerprint density at radius 3 is 2.30 bits per heavy atom. The molecule has 0 bridgehead atoms.